The molecule has 94 valence electrons. The molecule has 1 aliphatic carbocycles. The SMILES string of the molecule is O=C(O)C1=CC2(CCOCC2)c2ccccc2C1. The molecule has 1 N–H and O–H groups in total. The maximum atomic E-state index is 11.3. The zero-order valence-corrected chi connectivity index (χ0v) is 10.2. The third-order valence-corrected chi connectivity index (χ3v) is 4.04. The molecule has 3 heteroatoms. The largest absolute Gasteiger partial charge is 0.478 e. The Morgan fingerprint density at radius 1 is 1.22 bits per heavy atom. The Kier molecular flexibility index (Phi) is 2.71. The number of carbonyl (C=O) groups is 1. The predicted octanol–water partition coefficient (Wildman–Crippen LogP) is 2.30. The minimum atomic E-state index is -0.796. The van der Waals surface area contributed by atoms with Crippen LogP contribution in [0.3, 0.4) is 0 Å². The van der Waals surface area contributed by atoms with Crippen LogP contribution in [-0.4, -0.2) is 24.3 Å². The molecule has 0 aromatic heterocycles. The molecule has 1 fully saturated rings. The van der Waals surface area contributed by atoms with Crippen molar-refractivity contribution in [3.63, 3.8) is 0 Å². The molecule has 3 rings (SSSR count). The van der Waals surface area contributed by atoms with Crippen molar-refractivity contribution >= 4 is 5.97 Å². The van der Waals surface area contributed by atoms with Gasteiger partial charge in [0.1, 0.15) is 0 Å². The molecule has 3 nitrogen and oxygen atoms in total. The van der Waals surface area contributed by atoms with E-state index in [0.29, 0.717) is 25.2 Å². The normalized spacial score (nSPS) is 21.2. The summed E-state index contributed by atoms with van der Waals surface area (Å²) >= 11 is 0. The molecule has 1 heterocycles. The average molecular weight is 244 g/mol. The Hall–Kier alpha value is -1.61. The summed E-state index contributed by atoms with van der Waals surface area (Å²) in [4.78, 5) is 11.3. The summed E-state index contributed by atoms with van der Waals surface area (Å²) in [5.74, 6) is -0.796. The smallest absolute Gasteiger partial charge is 0.331 e. The molecule has 0 atom stereocenters. The van der Waals surface area contributed by atoms with Crippen molar-refractivity contribution in [2.24, 2.45) is 0 Å². The number of hydrogen-bond acceptors (Lipinski definition) is 2. The minimum Gasteiger partial charge on any atom is -0.478 e. The minimum absolute atomic E-state index is 0.124. The fourth-order valence-electron chi connectivity index (χ4n) is 3.11. The van der Waals surface area contributed by atoms with E-state index in [1.54, 1.807) is 0 Å². The fourth-order valence-corrected chi connectivity index (χ4v) is 3.11. The highest BCUT2D eigenvalue weighted by Gasteiger charge is 2.38. The van der Waals surface area contributed by atoms with Gasteiger partial charge in [0.25, 0.3) is 0 Å². The van der Waals surface area contributed by atoms with E-state index in [0.717, 1.165) is 18.4 Å². The molecule has 18 heavy (non-hydrogen) atoms. The number of carboxylic acids is 1. The highest BCUT2D eigenvalue weighted by molar-refractivity contribution is 5.88. The van der Waals surface area contributed by atoms with Crippen LogP contribution in [-0.2, 0) is 21.4 Å². The zero-order valence-electron chi connectivity index (χ0n) is 10.2. The molecule has 1 spiro atoms. The molecule has 1 aromatic rings. The van der Waals surface area contributed by atoms with E-state index < -0.39 is 5.97 Å². The third kappa shape index (κ3) is 1.75. The van der Waals surface area contributed by atoms with Crippen LogP contribution in [0.5, 0.6) is 0 Å². The van der Waals surface area contributed by atoms with Crippen LogP contribution in [0.2, 0.25) is 0 Å². The predicted molar refractivity (Wildman–Crippen MR) is 67.6 cm³/mol. The molecule has 1 aliphatic heterocycles. The van der Waals surface area contributed by atoms with E-state index in [-0.39, 0.29) is 5.41 Å². The van der Waals surface area contributed by atoms with Crippen molar-refractivity contribution in [2.75, 3.05) is 13.2 Å². The Morgan fingerprint density at radius 2 is 1.94 bits per heavy atom. The topological polar surface area (TPSA) is 46.5 Å². The Bertz CT molecular complexity index is 510. The van der Waals surface area contributed by atoms with Gasteiger partial charge in [0.05, 0.1) is 0 Å². The van der Waals surface area contributed by atoms with E-state index in [1.165, 1.54) is 5.56 Å². The van der Waals surface area contributed by atoms with Crippen LogP contribution in [0.4, 0.5) is 0 Å². The molecule has 1 aromatic carbocycles. The number of carboxylic acid groups (broad SMARTS) is 1. The van der Waals surface area contributed by atoms with Gasteiger partial charge in [-0.3, -0.25) is 0 Å². The van der Waals surface area contributed by atoms with E-state index in [9.17, 15) is 9.90 Å². The summed E-state index contributed by atoms with van der Waals surface area (Å²) in [5.41, 5.74) is 2.84. The zero-order chi connectivity index (χ0) is 12.6. The maximum Gasteiger partial charge on any atom is 0.331 e. The number of fused-ring (bicyclic) bond motifs is 2. The Balaban J connectivity index is 2.12. The second-order valence-electron chi connectivity index (χ2n) is 5.08. The van der Waals surface area contributed by atoms with Gasteiger partial charge >= 0.3 is 5.97 Å². The van der Waals surface area contributed by atoms with E-state index in [2.05, 4.69) is 6.07 Å². The van der Waals surface area contributed by atoms with Gasteiger partial charge in [-0.05, 0) is 24.0 Å². The van der Waals surface area contributed by atoms with E-state index >= 15 is 0 Å². The molecule has 0 amide bonds. The molecule has 0 bridgehead atoms. The van der Waals surface area contributed by atoms with Crippen LogP contribution >= 0.6 is 0 Å². The number of hydrogen-bond donors (Lipinski definition) is 1. The highest BCUT2D eigenvalue weighted by atomic mass is 16.5. The number of ether oxygens (including phenoxy) is 1. The van der Waals surface area contributed by atoms with Crippen LogP contribution in [0.25, 0.3) is 0 Å². The van der Waals surface area contributed by atoms with Crippen molar-refractivity contribution < 1.29 is 14.6 Å². The van der Waals surface area contributed by atoms with Crippen LogP contribution in [0.15, 0.2) is 35.9 Å². The van der Waals surface area contributed by atoms with Crippen molar-refractivity contribution in [3.05, 3.63) is 47.0 Å². The second-order valence-corrected chi connectivity index (χ2v) is 5.08. The molecular formula is C15H16O3. The van der Waals surface area contributed by atoms with E-state index in [1.807, 2.05) is 24.3 Å². The van der Waals surface area contributed by atoms with Gasteiger partial charge in [-0.1, -0.05) is 30.3 Å². The number of allylic oxidation sites excluding steroid dienone is 1. The van der Waals surface area contributed by atoms with Crippen molar-refractivity contribution in [3.8, 4) is 0 Å². The number of aliphatic carboxylic acids is 1. The van der Waals surface area contributed by atoms with Gasteiger partial charge in [-0.15, -0.1) is 0 Å². The maximum absolute atomic E-state index is 11.3. The highest BCUT2D eigenvalue weighted by Crippen LogP contribution is 2.42. The summed E-state index contributed by atoms with van der Waals surface area (Å²) in [6.45, 7) is 1.41. The van der Waals surface area contributed by atoms with E-state index in [4.69, 9.17) is 4.74 Å². The fraction of sp³-hybridized carbons (Fsp3) is 0.400. The quantitative estimate of drug-likeness (QED) is 0.824. The van der Waals surface area contributed by atoms with Crippen LogP contribution < -0.4 is 0 Å². The first-order valence-corrected chi connectivity index (χ1v) is 6.32. The lowest BCUT2D eigenvalue weighted by molar-refractivity contribution is -0.132. The summed E-state index contributed by atoms with van der Waals surface area (Å²) in [5, 5.41) is 9.28. The first-order valence-electron chi connectivity index (χ1n) is 6.32. The molecule has 0 radical (unpaired) electrons. The Morgan fingerprint density at radius 3 is 2.67 bits per heavy atom. The molecule has 1 saturated heterocycles. The molecular weight excluding hydrogens is 228 g/mol. The first-order chi connectivity index (χ1) is 8.71. The average Bonchev–Trinajstić information content (AvgIpc) is 2.40. The van der Waals surface area contributed by atoms with Crippen molar-refractivity contribution in [1.82, 2.24) is 0 Å². The van der Waals surface area contributed by atoms with Gasteiger partial charge < -0.3 is 9.84 Å². The van der Waals surface area contributed by atoms with Gasteiger partial charge in [0.15, 0.2) is 0 Å². The van der Waals surface area contributed by atoms with Gasteiger partial charge in [0, 0.05) is 30.6 Å². The summed E-state index contributed by atoms with van der Waals surface area (Å²) in [7, 11) is 0. The lowest BCUT2D eigenvalue weighted by Gasteiger charge is -2.39. The second kappa shape index (κ2) is 4.25. The van der Waals surface area contributed by atoms with Gasteiger partial charge in [0.2, 0.25) is 0 Å². The lowest BCUT2D eigenvalue weighted by atomic mass is 9.67. The van der Waals surface area contributed by atoms with Crippen LogP contribution in [0, 0.1) is 0 Å². The lowest BCUT2D eigenvalue weighted by Crippen LogP contribution is -2.36. The summed E-state index contributed by atoms with van der Waals surface area (Å²) < 4.78 is 5.43. The van der Waals surface area contributed by atoms with Crippen molar-refractivity contribution in [2.45, 2.75) is 24.7 Å². The number of rotatable bonds is 1. The summed E-state index contributed by atoms with van der Waals surface area (Å²) in [6, 6.07) is 8.20. The van der Waals surface area contributed by atoms with Gasteiger partial charge in [-0.2, -0.15) is 0 Å². The standard InChI is InChI=1S/C15H16O3/c16-14(17)12-9-11-3-1-2-4-13(11)15(10-12)5-7-18-8-6-15/h1-4,10H,5-9H2,(H,16,17). The number of benzene rings is 1. The Labute approximate surface area is 106 Å². The van der Waals surface area contributed by atoms with Crippen LogP contribution in [0.1, 0.15) is 24.0 Å². The summed E-state index contributed by atoms with van der Waals surface area (Å²) in [6.07, 6.45) is 4.26. The molecule has 2 aliphatic rings. The molecule has 0 unspecified atom stereocenters. The van der Waals surface area contributed by atoms with Crippen molar-refractivity contribution in [1.29, 1.82) is 0 Å². The monoisotopic (exact) mass is 244 g/mol. The first kappa shape index (κ1) is 11.5. The van der Waals surface area contributed by atoms with Gasteiger partial charge in [-0.25, -0.2) is 4.79 Å². The molecule has 0 saturated carbocycles. The third-order valence-electron chi connectivity index (χ3n) is 4.04.